The molecule has 2 aromatic carbocycles. The molecule has 2 heterocycles. The topological polar surface area (TPSA) is 59.2 Å². The molecule has 1 atom stereocenters. The van der Waals surface area contributed by atoms with E-state index in [0.29, 0.717) is 23.9 Å². The van der Waals surface area contributed by atoms with Crippen LogP contribution in [0.4, 0.5) is 10.1 Å². The Morgan fingerprint density at radius 3 is 2.74 bits per heavy atom. The molecule has 1 aromatic heterocycles. The molecule has 1 amide bonds. The Kier molecular flexibility index (Phi) is 4.48. The van der Waals surface area contributed by atoms with Crippen LogP contribution < -0.4 is 4.90 Å². The number of amides is 1. The third kappa shape index (κ3) is 3.35. The van der Waals surface area contributed by atoms with Crippen molar-refractivity contribution in [1.82, 2.24) is 10.1 Å². The first-order chi connectivity index (χ1) is 13.0. The smallest absolute Gasteiger partial charge is 0.232 e. The average molecular weight is 365 g/mol. The number of aromatic nitrogens is 2. The molecule has 1 aliphatic heterocycles. The largest absolute Gasteiger partial charge is 0.339 e. The van der Waals surface area contributed by atoms with Crippen LogP contribution in [0.2, 0.25) is 0 Å². The van der Waals surface area contributed by atoms with E-state index in [-0.39, 0.29) is 18.2 Å². The molecule has 1 fully saturated rings. The van der Waals surface area contributed by atoms with Crippen molar-refractivity contribution in [2.75, 3.05) is 11.4 Å². The molecule has 138 valence electrons. The molecule has 4 rings (SSSR count). The molecule has 5 nitrogen and oxygen atoms in total. The van der Waals surface area contributed by atoms with Gasteiger partial charge in [0.2, 0.25) is 17.6 Å². The minimum absolute atomic E-state index is 0.142. The second-order valence-electron chi connectivity index (χ2n) is 6.87. The fraction of sp³-hybridized carbons (Fsp3) is 0.286. The second kappa shape index (κ2) is 6.95. The monoisotopic (exact) mass is 365 g/mol. The number of hydrogen-bond donors (Lipinski definition) is 0. The Morgan fingerprint density at radius 2 is 2.00 bits per heavy atom. The van der Waals surface area contributed by atoms with Gasteiger partial charge in [0.1, 0.15) is 5.82 Å². The second-order valence-corrected chi connectivity index (χ2v) is 6.87. The summed E-state index contributed by atoms with van der Waals surface area (Å²) in [5, 5.41) is 4.05. The Balaban J connectivity index is 1.56. The molecule has 0 bridgehead atoms. The third-order valence-electron chi connectivity index (χ3n) is 4.93. The fourth-order valence-corrected chi connectivity index (χ4v) is 3.34. The molecule has 0 spiro atoms. The summed E-state index contributed by atoms with van der Waals surface area (Å²) in [5.41, 5.74) is 3.31. The minimum Gasteiger partial charge on any atom is -0.339 e. The first-order valence-electron chi connectivity index (χ1n) is 9.04. The van der Waals surface area contributed by atoms with Crippen LogP contribution in [0.25, 0.3) is 11.4 Å². The van der Waals surface area contributed by atoms with Gasteiger partial charge in [-0.05, 0) is 36.6 Å². The molecule has 1 aliphatic rings. The summed E-state index contributed by atoms with van der Waals surface area (Å²) in [4.78, 5) is 18.4. The summed E-state index contributed by atoms with van der Waals surface area (Å²) in [6.07, 6.45) is 1.19. The number of nitrogens with zero attached hydrogens (tertiary/aromatic N) is 3. The van der Waals surface area contributed by atoms with Crippen LogP contribution in [0.15, 0.2) is 47.0 Å². The van der Waals surface area contributed by atoms with Gasteiger partial charge >= 0.3 is 0 Å². The molecule has 0 aliphatic carbocycles. The van der Waals surface area contributed by atoms with Crippen LogP contribution in [0.3, 0.4) is 0 Å². The summed E-state index contributed by atoms with van der Waals surface area (Å²) >= 11 is 0. The van der Waals surface area contributed by atoms with Gasteiger partial charge in [-0.3, -0.25) is 4.79 Å². The van der Waals surface area contributed by atoms with E-state index in [1.807, 2.05) is 31.2 Å². The molecule has 0 radical (unpaired) electrons. The zero-order valence-electron chi connectivity index (χ0n) is 15.3. The Bertz CT molecular complexity index is 981. The van der Waals surface area contributed by atoms with E-state index in [4.69, 9.17) is 4.52 Å². The number of aryl methyl sites for hydroxylation is 2. The first-order valence-corrected chi connectivity index (χ1v) is 9.04. The number of rotatable bonds is 4. The van der Waals surface area contributed by atoms with Gasteiger partial charge in [-0.25, -0.2) is 4.39 Å². The van der Waals surface area contributed by atoms with E-state index < -0.39 is 5.82 Å². The van der Waals surface area contributed by atoms with Crippen molar-refractivity contribution in [3.63, 3.8) is 0 Å². The lowest BCUT2D eigenvalue weighted by Gasteiger charge is -2.17. The van der Waals surface area contributed by atoms with Crippen molar-refractivity contribution < 1.29 is 13.7 Å². The van der Waals surface area contributed by atoms with Crippen molar-refractivity contribution in [1.29, 1.82) is 0 Å². The normalized spacial score (nSPS) is 16.9. The van der Waals surface area contributed by atoms with Gasteiger partial charge in [0.05, 0.1) is 11.6 Å². The van der Waals surface area contributed by atoms with Crippen molar-refractivity contribution in [3.8, 4) is 11.4 Å². The molecule has 0 saturated carbocycles. The van der Waals surface area contributed by atoms with Crippen LogP contribution in [0.1, 0.15) is 36.3 Å². The SMILES string of the molecule is CCc1ccc(-c2noc(C3CC(=O)N(c4cc(C)ccc4F)C3)n2)cc1. The van der Waals surface area contributed by atoms with E-state index >= 15 is 0 Å². The van der Waals surface area contributed by atoms with E-state index in [1.165, 1.54) is 16.5 Å². The van der Waals surface area contributed by atoms with E-state index in [1.54, 1.807) is 12.1 Å². The number of benzene rings is 2. The predicted molar refractivity (Wildman–Crippen MR) is 100.0 cm³/mol. The zero-order valence-corrected chi connectivity index (χ0v) is 15.3. The number of carbonyl (C=O) groups excluding carboxylic acids is 1. The van der Waals surface area contributed by atoms with Crippen LogP contribution in [-0.4, -0.2) is 22.6 Å². The highest BCUT2D eigenvalue weighted by Crippen LogP contribution is 2.33. The first kappa shape index (κ1) is 17.4. The number of anilines is 1. The lowest BCUT2D eigenvalue weighted by molar-refractivity contribution is -0.117. The standard InChI is InChI=1S/C21H20FN3O2/c1-3-14-5-7-15(8-6-14)20-23-21(27-24-20)16-11-19(26)25(12-16)18-10-13(2)4-9-17(18)22/h4-10,16H,3,11-12H2,1-2H3. The Hall–Kier alpha value is -3.02. The molecular weight excluding hydrogens is 345 g/mol. The van der Waals surface area contributed by atoms with Crippen LogP contribution >= 0.6 is 0 Å². The fourth-order valence-electron chi connectivity index (χ4n) is 3.34. The molecule has 6 heteroatoms. The highest BCUT2D eigenvalue weighted by molar-refractivity contribution is 5.96. The summed E-state index contributed by atoms with van der Waals surface area (Å²) in [5.74, 6) is 0.121. The minimum atomic E-state index is -0.406. The number of halogens is 1. The van der Waals surface area contributed by atoms with Crippen molar-refractivity contribution in [2.24, 2.45) is 0 Å². The average Bonchev–Trinajstić information content (AvgIpc) is 3.31. The summed E-state index contributed by atoms with van der Waals surface area (Å²) in [6, 6.07) is 12.7. The maximum Gasteiger partial charge on any atom is 0.232 e. The van der Waals surface area contributed by atoms with Crippen molar-refractivity contribution >= 4 is 11.6 Å². The van der Waals surface area contributed by atoms with Gasteiger partial charge < -0.3 is 9.42 Å². The maximum atomic E-state index is 14.2. The highest BCUT2D eigenvalue weighted by atomic mass is 19.1. The quantitative estimate of drug-likeness (QED) is 0.693. The number of hydrogen-bond acceptors (Lipinski definition) is 4. The van der Waals surface area contributed by atoms with Gasteiger partial charge in [0, 0.05) is 18.5 Å². The van der Waals surface area contributed by atoms with E-state index in [0.717, 1.165) is 17.5 Å². The Labute approximate surface area is 156 Å². The molecule has 0 N–H and O–H groups in total. The van der Waals surface area contributed by atoms with Gasteiger partial charge in [-0.2, -0.15) is 4.98 Å². The van der Waals surface area contributed by atoms with Crippen LogP contribution in [0, 0.1) is 12.7 Å². The molecule has 1 unspecified atom stereocenters. The van der Waals surface area contributed by atoms with Crippen LogP contribution in [-0.2, 0) is 11.2 Å². The molecule has 1 saturated heterocycles. The maximum absolute atomic E-state index is 14.2. The third-order valence-corrected chi connectivity index (χ3v) is 4.93. The lowest BCUT2D eigenvalue weighted by Crippen LogP contribution is -2.25. The van der Waals surface area contributed by atoms with Gasteiger partial charge in [-0.15, -0.1) is 0 Å². The molecule has 3 aromatic rings. The predicted octanol–water partition coefficient (Wildman–Crippen LogP) is 4.27. The summed E-state index contributed by atoms with van der Waals surface area (Å²) in [7, 11) is 0. The van der Waals surface area contributed by atoms with Gasteiger partial charge in [0.15, 0.2) is 0 Å². The molecule has 27 heavy (non-hydrogen) atoms. The van der Waals surface area contributed by atoms with Gasteiger partial charge in [-0.1, -0.05) is 42.4 Å². The van der Waals surface area contributed by atoms with Crippen LogP contribution in [0.5, 0.6) is 0 Å². The van der Waals surface area contributed by atoms with Crippen molar-refractivity contribution in [3.05, 3.63) is 65.3 Å². The summed E-state index contributed by atoms with van der Waals surface area (Å²) in [6.45, 7) is 4.30. The Morgan fingerprint density at radius 1 is 1.22 bits per heavy atom. The highest BCUT2D eigenvalue weighted by Gasteiger charge is 2.36. The van der Waals surface area contributed by atoms with E-state index in [2.05, 4.69) is 17.1 Å². The lowest BCUT2D eigenvalue weighted by atomic mass is 10.1. The van der Waals surface area contributed by atoms with Crippen molar-refractivity contribution in [2.45, 2.75) is 32.6 Å². The zero-order chi connectivity index (χ0) is 19.0. The van der Waals surface area contributed by atoms with Gasteiger partial charge in [0.25, 0.3) is 0 Å². The molecular formula is C21H20FN3O2. The van der Waals surface area contributed by atoms with E-state index in [9.17, 15) is 9.18 Å². The number of carbonyl (C=O) groups is 1. The summed E-state index contributed by atoms with van der Waals surface area (Å²) < 4.78 is 19.6.